The molecule has 1 aromatic heterocycles. The maximum Gasteiger partial charge on any atom is 0.408 e. The number of hydrogen-bond donors (Lipinski definition) is 4. The Morgan fingerprint density at radius 2 is 1.81 bits per heavy atom. The molecule has 1 aliphatic rings. The number of aromatic nitrogens is 1. The molecule has 1 aliphatic heterocycles. The summed E-state index contributed by atoms with van der Waals surface area (Å²) in [4.78, 5) is 25.6. The minimum absolute atomic E-state index is 0.218. The molecule has 0 saturated carbocycles. The monoisotopic (exact) mass is 429 g/mol. The second kappa shape index (κ2) is 9.28. The lowest BCUT2D eigenvalue weighted by Gasteiger charge is -2.24. The van der Waals surface area contributed by atoms with E-state index in [1.54, 1.807) is 20.8 Å². The van der Waals surface area contributed by atoms with E-state index in [0.717, 1.165) is 16.5 Å². The Kier molecular flexibility index (Phi) is 6.91. The zero-order chi connectivity index (χ0) is 22.8. The molecule has 1 saturated heterocycles. The number of aryl methyl sites for hydroxylation is 1. The number of para-hydroxylation sites is 1. The van der Waals surface area contributed by atoms with Crippen molar-refractivity contribution in [2.45, 2.75) is 64.8 Å². The molecule has 1 fully saturated rings. The van der Waals surface area contributed by atoms with Crippen molar-refractivity contribution in [3.05, 3.63) is 36.0 Å². The second-order valence-corrected chi connectivity index (χ2v) is 9.46. The quantitative estimate of drug-likeness (QED) is 0.565. The van der Waals surface area contributed by atoms with Gasteiger partial charge in [0.1, 0.15) is 11.6 Å². The number of nitrogens with zero attached hydrogens (tertiary/aromatic N) is 1. The molecule has 2 heterocycles. The molecule has 2 amide bonds. The van der Waals surface area contributed by atoms with Crippen molar-refractivity contribution in [2.75, 3.05) is 6.54 Å². The van der Waals surface area contributed by atoms with Gasteiger partial charge in [-0.25, -0.2) is 4.79 Å². The van der Waals surface area contributed by atoms with Crippen molar-refractivity contribution in [3.8, 4) is 0 Å². The molecule has 4 N–H and O–H groups in total. The van der Waals surface area contributed by atoms with Crippen molar-refractivity contribution in [3.63, 3.8) is 0 Å². The first-order chi connectivity index (χ1) is 14.5. The number of alkyl carbamates (subject to hydrolysis) is 1. The largest absolute Gasteiger partial charge is 0.444 e. The lowest BCUT2D eigenvalue weighted by Crippen LogP contribution is -2.51. The minimum Gasteiger partial charge on any atom is -0.444 e. The van der Waals surface area contributed by atoms with Crippen LogP contribution in [-0.2, 0) is 23.0 Å². The number of hydrogen-bond acceptors (Lipinski definition) is 5. The van der Waals surface area contributed by atoms with Crippen molar-refractivity contribution in [1.29, 1.82) is 0 Å². The van der Waals surface area contributed by atoms with E-state index in [1.807, 2.05) is 42.1 Å². The molecule has 3 rings (SSSR count). The zero-order valence-electron chi connectivity index (χ0n) is 19.3. The summed E-state index contributed by atoms with van der Waals surface area (Å²) in [6, 6.07) is 7.78. The van der Waals surface area contributed by atoms with E-state index in [-0.39, 0.29) is 23.9 Å². The topological polar surface area (TPSA) is 96.4 Å². The molecule has 3 atom stereocenters. The fourth-order valence-electron chi connectivity index (χ4n) is 4.07. The molecule has 2 aromatic rings. The Hall–Kier alpha value is -2.58. The van der Waals surface area contributed by atoms with E-state index < -0.39 is 17.7 Å². The van der Waals surface area contributed by atoms with Gasteiger partial charge in [-0.05, 0) is 46.2 Å². The Labute approximate surface area is 184 Å². The van der Waals surface area contributed by atoms with Gasteiger partial charge in [-0.15, -0.1) is 0 Å². The van der Waals surface area contributed by atoms with Gasteiger partial charge in [0.15, 0.2) is 0 Å². The summed E-state index contributed by atoms with van der Waals surface area (Å²) < 4.78 is 7.44. The smallest absolute Gasteiger partial charge is 0.408 e. The Morgan fingerprint density at radius 3 is 2.45 bits per heavy atom. The number of ether oxygens (including phenoxy) is 1. The first kappa shape index (κ1) is 23.1. The zero-order valence-corrected chi connectivity index (χ0v) is 19.3. The number of benzene rings is 1. The second-order valence-electron chi connectivity index (χ2n) is 9.46. The van der Waals surface area contributed by atoms with Gasteiger partial charge in [0.2, 0.25) is 5.91 Å². The molecule has 0 spiro atoms. The summed E-state index contributed by atoms with van der Waals surface area (Å²) in [7, 11) is 1.98. The van der Waals surface area contributed by atoms with Gasteiger partial charge in [-0.3, -0.25) is 15.6 Å². The van der Waals surface area contributed by atoms with Crippen molar-refractivity contribution in [1.82, 2.24) is 26.1 Å². The van der Waals surface area contributed by atoms with Crippen molar-refractivity contribution in [2.24, 2.45) is 13.0 Å². The molecule has 0 bridgehead atoms. The van der Waals surface area contributed by atoms with Crippen LogP contribution in [0.3, 0.4) is 0 Å². The highest BCUT2D eigenvalue weighted by Crippen LogP contribution is 2.22. The number of amides is 2. The molecule has 170 valence electrons. The van der Waals surface area contributed by atoms with Gasteiger partial charge in [0.05, 0.1) is 0 Å². The first-order valence-electron chi connectivity index (χ1n) is 10.9. The Balaban J connectivity index is 1.76. The van der Waals surface area contributed by atoms with E-state index in [0.29, 0.717) is 13.0 Å². The van der Waals surface area contributed by atoms with Crippen LogP contribution in [0.2, 0.25) is 0 Å². The molecule has 0 radical (unpaired) electrons. The highest BCUT2D eigenvalue weighted by atomic mass is 16.6. The van der Waals surface area contributed by atoms with Crippen LogP contribution in [-0.4, -0.2) is 46.8 Å². The van der Waals surface area contributed by atoms with Gasteiger partial charge >= 0.3 is 6.09 Å². The summed E-state index contributed by atoms with van der Waals surface area (Å²) in [5, 5.41) is 6.88. The molecular weight excluding hydrogens is 394 g/mol. The van der Waals surface area contributed by atoms with Gasteiger partial charge in [0.25, 0.3) is 0 Å². The maximum absolute atomic E-state index is 13.1. The minimum atomic E-state index is -0.742. The number of rotatable bonds is 6. The number of nitrogens with one attached hydrogen (secondary N) is 4. The van der Waals surface area contributed by atoms with Gasteiger partial charge in [0, 0.05) is 55.1 Å². The van der Waals surface area contributed by atoms with Crippen LogP contribution in [0.1, 0.15) is 40.2 Å². The molecule has 8 heteroatoms. The average Bonchev–Trinajstić information content (AvgIpc) is 3.17. The highest BCUT2D eigenvalue weighted by Gasteiger charge is 2.31. The number of hydrazine groups is 1. The number of carbonyl (C=O) groups is 2. The third-order valence-corrected chi connectivity index (χ3v) is 5.75. The van der Waals surface area contributed by atoms with Crippen LogP contribution in [0.5, 0.6) is 0 Å². The van der Waals surface area contributed by atoms with Crippen LogP contribution in [0, 0.1) is 5.92 Å². The third kappa shape index (κ3) is 5.77. The lowest BCUT2D eigenvalue weighted by atomic mass is 9.96. The van der Waals surface area contributed by atoms with E-state index in [2.05, 4.69) is 35.3 Å². The predicted octanol–water partition coefficient (Wildman–Crippen LogP) is 2.23. The van der Waals surface area contributed by atoms with Crippen LogP contribution in [0.4, 0.5) is 4.79 Å². The molecule has 0 aliphatic carbocycles. The van der Waals surface area contributed by atoms with Gasteiger partial charge in [-0.1, -0.05) is 18.2 Å². The fourth-order valence-corrected chi connectivity index (χ4v) is 4.07. The molecule has 1 aromatic carbocycles. The van der Waals surface area contributed by atoms with Gasteiger partial charge < -0.3 is 19.9 Å². The van der Waals surface area contributed by atoms with Crippen LogP contribution in [0.25, 0.3) is 10.9 Å². The molecule has 31 heavy (non-hydrogen) atoms. The van der Waals surface area contributed by atoms with Crippen molar-refractivity contribution >= 4 is 22.9 Å². The summed E-state index contributed by atoms with van der Waals surface area (Å²) in [6.07, 6.45) is 1.79. The lowest BCUT2D eigenvalue weighted by molar-refractivity contribution is -0.123. The Bertz CT molecular complexity index is 923. The summed E-state index contributed by atoms with van der Waals surface area (Å²) in [5.74, 6) is 0.0359. The number of fused-ring (bicyclic) bond motifs is 1. The van der Waals surface area contributed by atoms with E-state index >= 15 is 0 Å². The van der Waals surface area contributed by atoms with E-state index in [4.69, 9.17) is 4.74 Å². The third-order valence-electron chi connectivity index (χ3n) is 5.75. The average molecular weight is 430 g/mol. The van der Waals surface area contributed by atoms with Crippen molar-refractivity contribution < 1.29 is 14.3 Å². The van der Waals surface area contributed by atoms with E-state index in [9.17, 15) is 9.59 Å². The summed E-state index contributed by atoms with van der Waals surface area (Å²) in [6.45, 7) is 10.1. The number of carbonyl (C=O) groups excluding carboxylic acids is 2. The normalized spacial score (nSPS) is 22.3. The van der Waals surface area contributed by atoms with Crippen LogP contribution < -0.4 is 21.5 Å². The summed E-state index contributed by atoms with van der Waals surface area (Å²) >= 11 is 0. The molecule has 8 nitrogen and oxygen atoms in total. The highest BCUT2D eigenvalue weighted by molar-refractivity contribution is 5.88. The standard InChI is InChI=1S/C23H35N5O3/c1-14-18(15(2)27-26-14)12-24-21(29)19(25-22(30)31-23(3,4)5)11-16-13-28(6)20-10-8-7-9-17(16)20/h7-10,13-15,18-19,26-27H,11-12H2,1-6H3,(H,24,29)(H,25,30)/t14?,15?,18?,19-/m1/s1. The SMILES string of the molecule is CC1NNC(C)C1CNC(=O)[C@@H](Cc1cn(C)c2ccccc12)NC(=O)OC(C)(C)C. The van der Waals surface area contributed by atoms with Gasteiger partial charge in [-0.2, -0.15) is 0 Å². The predicted molar refractivity (Wildman–Crippen MR) is 121 cm³/mol. The summed E-state index contributed by atoms with van der Waals surface area (Å²) in [5.41, 5.74) is 7.84. The molecular formula is C23H35N5O3. The first-order valence-corrected chi connectivity index (χ1v) is 10.9. The fraction of sp³-hybridized carbons (Fsp3) is 0.565. The van der Waals surface area contributed by atoms with E-state index in [1.165, 1.54) is 0 Å². The van der Waals surface area contributed by atoms with Crippen LogP contribution >= 0.6 is 0 Å². The van der Waals surface area contributed by atoms with Crippen LogP contribution in [0.15, 0.2) is 30.5 Å². The Morgan fingerprint density at radius 1 is 1.16 bits per heavy atom. The maximum atomic E-state index is 13.1. The molecule has 2 unspecified atom stereocenters.